The SMILES string of the molecule is CN(C)CCCNc1nc(CN(C)C(=O)C(c2ccccc2)c2ccccc2)nc2ccccc12. The second kappa shape index (κ2) is 11.6. The average molecular weight is 468 g/mol. The maximum atomic E-state index is 13.7. The van der Waals surface area contributed by atoms with Crippen molar-refractivity contribution in [1.82, 2.24) is 19.8 Å². The van der Waals surface area contributed by atoms with Crippen LogP contribution in [0.4, 0.5) is 5.82 Å². The molecule has 4 aromatic rings. The molecule has 0 unspecified atom stereocenters. The van der Waals surface area contributed by atoms with E-state index in [2.05, 4.69) is 24.3 Å². The fourth-order valence-corrected chi connectivity index (χ4v) is 4.21. The monoisotopic (exact) mass is 467 g/mol. The molecule has 6 nitrogen and oxygen atoms in total. The van der Waals surface area contributed by atoms with Crippen LogP contribution in [0.1, 0.15) is 29.3 Å². The van der Waals surface area contributed by atoms with E-state index in [4.69, 9.17) is 9.97 Å². The van der Waals surface area contributed by atoms with Crippen molar-refractivity contribution in [3.63, 3.8) is 0 Å². The minimum Gasteiger partial charge on any atom is -0.369 e. The van der Waals surface area contributed by atoms with Crippen molar-refractivity contribution in [3.8, 4) is 0 Å². The Morgan fingerprint density at radius 3 is 2.06 bits per heavy atom. The summed E-state index contributed by atoms with van der Waals surface area (Å²) in [6.07, 6.45) is 1.01. The molecule has 0 radical (unpaired) electrons. The lowest BCUT2D eigenvalue weighted by molar-refractivity contribution is -0.131. The maximum absolute atomic E-state index is 13.7. The Bertz CT molecular complexity index is 1200. The van der Waals surface area contributed by atoms with Crippen LogP contribution in [0.2, 0.25) is 0 Å². The van der Waals surface area contributed by atoms with Crippen LogP contribution < -0.4 is 5.32 Å². The Morgan fingerprint density at radius 1 is 0.829 bits per heavy atom. The maximum Gasteiger partial charge on any atom is 0.234 e. The van der Waals surface area contributed by atoms with Crippen LogP contribution in [-0.4, -0.2) is 59.9 Å². The number of amides is 1. The largest absolute Gasteiger partial charge is 0.369 e. The third-order valence-corrected chi connectivity index (χ3v) is 5.99. The number of hydrogen-bond donors (Lipinski definition) is 1. The average Bonchev–Trinajstić information content (AvgIpc) is 2.88. The molecule has 0 fully saturated rings. The Kier molecular flexibility index (Phi) is 8.06. The van der Waals surface area contributed by atoms with Gasteiger partial charge in [0, 0.05) is 19.0 Å². The van der Waals surface area contributed by atoms with Gasteiger partial charge in [-0.15, -0.1) is 0 Å². The molecule has 1 N–H and O–H groups in total. The number of nitrogens with zero attached hydrogens (tertiary/aromatic N) is 4. The first-order chi connectivity index (χ1) is 17.0. The van der Waals surface area contributed by atoms with E-state index < -0.39 is 0 Å². The van der Waals surface area contributed by atoms with E-state index in [1.54, 1.807) is 4.90 Å². The molecule has 35 heavy (non-hydrogen) atoms. The summed E-state index contributed by atoms with van der Waals surface area (Å²) in [6, 6.07) is 27.8. The fourth-order valence-electron chi connectivity index (χ4n) is 4.21. The minimum absolute atomic E-state index is 0.0136. The van der Waals surface area contributed by atoms with Gasteiger partial charge in [-0.2, -0.15) is 0 Å². The Balaban J connectivity index is 1.58. The van der Waals surface area contributed by atoms with Gasteiger partial charge in [0.1, 0.15) is 5.82 Å². The third-order valence-electron chi connectivity index (χ3n) is 5.99. The second-order valence-corrected chi connectivity index (χ2v) is 9.04. The van der Waals surface area contributed by atoms with Crippen LogP contribution >= 0.6 is 0 Å². The highest BCUT2D eigenvalue weighted by Gasteiger charge is 2.26. The van der Waals surface area contributed by atoms with Crippen molar-refractivity contribution < 1.29 is 4.79 Å². The zero-order valence-electron chi connectivity index (χ0n) is 20.7. The summed E-state index contributed by atoms with van der Waals surface area (Å²) in [5, 5.41) is 4.47. The Morgan fingerprint density at radius 2 is 1.43 bits per heavy atom. The van der Waals surface area contributed by atoms with Gasteiger partial charge in [-0.1, -0.05) is 72.8 Å². The molecule has 4 rings (SSSR count). The number of carbonyl (C=O) groups is 1. The van der Waals surface area contributed by atoms with Crippen molar-refractivity contribution in [2.24, 2.45) is 0 Å². The number of para-hydroxylation sites is 1. The van der Waals surface area contributed by atoms with E-state index in [1.807, 2.05) is 92.0 Å². The number of fused-ring (bicyclic) bond motifs is 1. The number of anilines is 1. The lowest BCUT2D eigenvalue weighted by Crippen LogP contribution is -2.32. The first-order valence-corrected chi connectivity index (χ1v) is 12.0. The lowest BCUT2D eigenvalue weighted by Gasteiger charge is -2.24. The summed E-state index contributed by atoms with van der Waals surface area (Å²) in [4.78, 5) is 27.2. The Labute approximate surface area is 207 Å². The van der Waals surface area contributed by atoms with Gasteiger partial charge in [-0.05, 0) is 50.3 Å². The molecule has 1 heterocycles. The zero-order valence-corrected chi connectivity index (χ0v) is 20.7. The third kappa shape index (κ3) is 6.22. The predicted molar refractivity (Wildman–Crippen MR) is 142 cm³/mol. The molecule has 0 saturated heterocycles. The van der Waals surface area contributed by atoms with Crippen LogP contribution in [0, 0.1) is 0 Å². The van der Waals surface area contributed by atoms with Crippen molar-refractivity contribution in [1.29, 1.82) is 0 Å². The van der Waals surface area contributed by atoms with Gasteiger partial charge in [-0.3, -0.25) is 4.79 Å². The standard InChI is InChI=1S/C29H33N5O/c1-33(2)20-12-19-30-28-24-17-10-11-18-25(24)31-26(32-28)21-34(3)29(35)27(22-13-6-4-7-14-22)23-15-8-5-9-16-23/h4-11,13-18,27H,12,19-21H2,1-3H3,(H,30,31,32). The molecular formula is C29H33N5O. The molecule has 0 saturated carbocycles. The second-order valence-electron chi connectivity index (χ2n) is 9.04. The number of likely N-dealkylation sites (N-methyl/N-ethyl adjacent to an activating group) is 1. The molecule has 0 spiro atoms. The summed E-state index contributed by atoms with van der Waals surface area (Å²) in [5.41, 5.74) is 2.81. The smallest absolute Gasteiger partial charge is 0.234 e. The van der Waals surface area contributed by atoms with E-state index in [0.29, 0.717) is 12.4 Å². The van der Waals surface area contributed by atoms with Gasteiger partial charge in [-0.25, -0.2) is 9.97 Å². The van der Waals surface area contributed by atoms with Crippen LogP contribution in [0.15, 0.2) is 84.9 Å². The van der Waals surface area contributed by atoms with E-state index in [9.17, 15) is 4.79 Å². The van der Waals surface area contributed by atoms with Gasteiger partial charge >= 0.3 is 0 Å². The fraction of sp³-hybridized carbons (Fsp3) is 0.276. The zero-order chi connectivity index (χ0) is 24.6. The van der Waals surface area contributed by atoms with Gasteiger partial charge in [0.05, 0.1) is 18.0 Å². The van der Waals surface area contributed by atoms with Crippen LogP contribution in [0.3, 0.4) is 0 Å². The van der Waals surface area contributed by atoms with Crippen LogP contribution in [0.25, 0.3) is 10.9 Å². The van der Waals surface area contributed by atoms with Gasteiger partial charge in [0.2, 0.25) is 5.91 Å². The molecule has 0 bridgehead atoms. The van der Waals surface area contributed by atoms with Crippen LogP contribution in [0.5, 0.6) is 0 Å². The summed E-state index contributed by atoms with van der Waals surface area (Å²) < 4.78 is 0. The highest BCUT2D eigenvalue weighted by molar-refractivity contribution is 5.89. The number of carbonyl (C=O) groups excluding carboxylic acids is 1. The Hall–Kier alpha value is -3.77. The number of aromatic nitrogens is 2. The number of hydrogen-bond acceptors (Lipinski definition) is 5. The summed E-state index contributed by atoms with van der Waals surface area (Å²) >= 11 is 0. The highest BCUT2D eigenvalue weighted by atomic mass is 16.2. The first-order valence-electron chi connectivity index (χ1n) is 12.0. The normalized spacial score (nSPS) is 11.2. The van der Waals surface area contributed by atoms with Crippen molar-refractivity contribution in [2.75, 3.05) is 39.5 Å². The van der Waals surface area contributed by atoms with E-state index in [0.717, 1.165) is 47.4 Å². The van der Waals surface area contributed by atoms with E-state index >= 15 is 0 Å². The number of benzene rings is 3. The quantitative estimate of drug-likeness (QED) is 0.340. The molecule has 1 amide bonds. The summed E-state index contributed by atoms with van der Waals surface area (Å²) in [7, 11) is 5.97. The molecule has 1 aromatic heterocycles. The number of nitrogens with one attached hydrogen (secondary N) is 1. The summed E-state index contributed by atoms with van der Waals surface area (Å²) in [5.74, 6) is 1.06. The van der Waals surface area contributed by atoms with Crippen molar-refractivity contribution >= 4 is 22.6 Å². The molecule has 0 aliphatic heterocycles. The molecular weight excluding hydrogens is 434 g/mol. The predicted octanol–water partition coefficient (Wildman–Crippen LogP) is 4.78. The van der Waals surface area contributed by atoms with Gasteiger partial charge in [0.25, 0.3) is 0 Å². The molecule has 0 aliphatic rings. The molecule has 3 aromatic carbocycles. The van der Waals surface area contributed by atoms with E-state index in [1.165, 1.54) is 0 Å². The molecule has 0 aliphatic carbocycles. The topological polar surface area (TPSA) is 61.4 Å². The number of rotatable bonds is 10. The first kappa shape index (κ1) is 24.4. The van der Waals surface area contributed by atoms with Gasteiger partial charge < -0.3 is 15.1 Å². The van der Waals surface area contributed by atoms with Crippen molar-refractivity contribution in [2.45, 2.75) is 18.9 Å². The van der Waals surface area contributed by atoms with Crippen molar-refractivity contribution in [3.05, 3.63) is 102 Å². The minimum atomic E-state index is -0.383. The van der Waals surface area contributed by atoms with Crippen LogP contribution in [-0.2, 0) is 11.3 Å². The molecule has 6 heteroatoms. The molecule has 0 atom stereocenters. The molecule has 180 valence electrons. The highest BCUT2D eigenvalue weighted by Crippen LogP contribution is 2.27. The van der Waals surface area contributed by atoms with E-state index in [-0.39, 0.29) is 11.8 Å². The van der Waals surface area contributed by atoms with Gasteiger partial charge in [0.15, 0.2) is 5.82 Å². The summed E-state index contributed by atoms with van der Waals surface area (Å²) in [6.45, 7) is 2.14. The lowest BCUT2D eigenvalue weighted by atomic mass is 9.90.